The maximum absolute atomic E-state index is 5.73. The molecule has 1 unspecified atom stereocenters. The maximum Gasteiger partial charge on any atom is 0.225 e. The Morgan fingerprint density at radius 2 is 1.76 bits per heavy atom. The number of nitrogen functional groups attached to an aromatic ring is 2. The number of benzene rings is 1. The van der Waals surface area contributed by atoms with Gasteiger partial charge in [0.2, 0.25) is 11.9 Å². The van der Waals surface area contributed by atoms with E-state index < -0.39 is 0 Å². The van der Waals surface area contributed by atoms with E-state index in [0.29, 0.717) is 19.0 Å². The lowest BCUT2D eigenvalue weighted by molar-refractivity contribution is 0.0000241. The Hall–Kier alpha value is -2.25. The topological polar surface area (TPSA) is 109 Å². The monoisotopic (exact) mass is 289 g/mol. The van der Waals surface area contributed by atoms with E-state index in [1.807, 2.05) is 31.2 Å². The van der Waals surface area contributed by atoms with Crippen LogP contribution in [0.4, 0.5) is 11.9 Å². The normalized spacial score (nSPS) is 12.3. The van der Waals surface area contributed by atoms with Gasteiger partial charge in [-0.05, 0) is 12.5 Å². The largest absolute Gasteiger partial charge is 0.382 e. The minimum atomic E-state index is -0.00319. The molecule has 1 atom stereocenters. The van der Waals surface area contributed by atoms with Crippen LogP contribution in [0, 0.1) is 0 Å². The lowest BCUT2D eigenvalue weighted by Gasteiger charge is -2.14. The minimum absolute atomic E-state index is 0.00319. The van der Waals surface area contributed by atoms with Crippen molar-refractivity contribution in [3.8, 4) is 11.4 Å². The van der Waals surface area contributed by atoms with Crippen molar-refractivity contribution < 1.29 is 9.47 Å². The highest BCUT2D eigenvalue weighted by Crippen LogP contribution is 2.22. The molecule has 2 rings (SSSR count). The van der Waals surface area contributed by atoms with E-state index in [1.54, 1.807) is 7.11 Å². The summed E-state index contributed by atoms with van der Waals surface area (Å²) in [4.78, 5) is 12.0. The van der Waals surface area contributed by atoms with Crippen molar-refractivity contribution >= 4 is 11.9 Å². The van der Waals surface area contributed by atoms with Gasteiger partial charge >= 0.3 is 0 Å². The molecule has 7 heteroatoms. The Bertz CT molecular complexity index is 585. The molecule has 0 aliphatic heterocycles. The van der Waals surface area contributed by atoms with Crippen molar-refractivity contribution in [1.82, 2.24) is 15.0 Å². The maximum atomic E-state index is 5.73. The van der Waals surface area contributed by atoms with Crippen LogP contribution >= 0.6 is 0 Å². The smallest absolute Gasteiger partial charge is 0.225 e. The quantitative estimate of drug-likeness (QED) is 0.823. The lowest BCUT2D eigenvalue weighted by atomic mass is 10.1. The lowest BCUT2D eigenvalue weighted by Crippen LogP contribution is -2.15. The van der Waals surface area contributed by atoms with Gasteiger partial charge in [0.1, 0.15) is 0 Å². The number of anilines is 2. The molecule has 1 aromatic carbocycles. The second-order valence-corrected chi connectivity index (χ2v) is 4.61. The first-order chi connectivity index (χ1) is 10.1. The van der Waals surface area contributed by atoms with Gasteiger partial charge in [0.05, 0.1) is 19.3 Å². The highest BCUT2D eigenvalue weighted by atomic mass is 16.5. The summed E-state index contributed by atoms with van der Waals surface area (Å²) in [5, 5.41) is 0. The molecule has 7 nitrogen and oxygen atoms in total. The van der Waals surface area contributed by atoms with Gasteiger partial charge in [-0.1, -0.05) is 24.3 Å². The van der Waals surface area contributed by atoms with Crippen LogP contribution in [0.1, 0.15) is 12.5 Å². The van der Waals surface area contributed by atoms with Gasteiger partial charge in [-0.15, -0.1) is 0 Å². The van der Waals surface area contributed by atoms with E-state index >= 15 is 0 Å². The molecule has 1 heterocycles. The van der Waals surface area contributed by atoms with Crippen LogP contribution in [0.25, 0.3) is 11.4 Å². The number of nitrogens with zero attached hydrogens (tertiary/aromatic N) is 3. The molecule has 0 saturated carbocycles. The van der Waals surface area contributed by atoms with Crippen molar-refractivity contribution in [2.75, 3.05) is 25.2 Å². The summed E-state index contributed by atoms with van der Waals surface area (Å²) in [7, 11) is 1.64. The molecule has 4 N–H and O–H groups in total. The molecule has 21 heavy (non-hydrogen) atoms. The van der Waals surface area contributed by atoms with Crippen LogP contribution in [-0.4, -0.2) is 34.8 Å². The number of nitrogens with two attached hydrogens (primary N) is 2. The van der Waals surface area contributed by atoms with Crippen LogP contribution in [0.5, 0.6) is 0 Å². The Balaban J connectivity index is 2.24. The van der Waals surface area contributed by atoms with Gasteiger partial charge in [-0.25, -0.2) is 0 Å². The Kier molecular flexibility index (Phi) is 5.02. The molecular weight excluding hydrogens is 270 g/mol. The van der Waals surface area contributed by atoms with Crippen LogP contribution in [0.15, 0.2) is 24.3 Å². The fourth-order valence-electron chi connectivity index (χ4n) is 1.91. The number of hydrogen-bond donors (Lipinski definition) is 2. The third-order valence-electron chi connectivity index (χ3n) is 2.85. The summed E-state index contributed by atoms with van der Waals surface area (Å²) >= 11 is 0. The fourth-order valence-corrected chi connectivity index (χ4v) is 1.91. The van der Waals surface area contributed by atoms with Gasteiger partial charge in [0.15, 0.2) is 5.82 Å². The second kappa shape index (κ2) is 6.96. The molecule has 0 aliphatic carbocycles. The minimum Gasteiger partial charge on any atom is -0.382 e. The summed E-state index contributed by atoms with van der Waals surface area (Å²) < 4.78 is 10.8. The fraction of sp³-hybridized carbons (Fsp3) is 0.357. The molecule has 0 amide bonds. The first-order valence-corrected chi connectivity index (χ1v) is 6.56. The summed E-state index contributed by atoms with van der Waals surface area (Å²) in [6.07, 6.45) is -0.00319. The second-order valence-electron chi connectivity index (χ2n) is 4.61. The number of rotatable bonds is 6. The number of aromatic nitrogens is 3. The molecule has 0 aliphatic rings. The van der Waals surface area contributed by atoms with Gasteiger partial charge in [-0.3, -0.25) is 0 Å². The van der Waals surface area contributed by atoms with Crippen LogP contribution in [0.3, 0.4) is 0 Å². The summed E-state index contributed by atoms with van der Waals surface area (Å²) in [5.41, 5.74) is 13.0. The summed E-state index contributed by atoms with van der Waals surface area (Å²) in [6, 6.07) is 7.67. The van der Waals surface area contributed by atoms with E-state index in [1.165, 1.54) is 0 Å². The van der Waals surface area contributed by atoms with Crippen molar-refractivity contribution in [3.05, 3.63) is 29.8 Å². The predicted octanol–water partition coefficient (Wildman–Crippen LogP) is 1.25. The average Bonchev–Trinajstić information content (AvgIpc) is 2.45. The Morgan fingerprint density at radius 3 is 2.43 bits per heavy atom. The SMILES string of the molecule is COCC(C)OCc1ccccc1-c1nc(N)nc(N)n1. The van der Waals surface area contributed by atoms with Gasteiger partial charge < -0.3 is 20.9 Å². The number of methoxy groups -OCH3 is 1. The van der Waals surface area contributed by atoms with E-state index in [-0.39, 0.29) is 18.0 Å². The Labute approximate surface area is 123 Å². The third-order valence-corrected chi connectivity index (χ3v) is 2.85. The zero-order valence-electron chi connectivity index (χ0n) is 12.1. The van der Waals surface area contributed by atoms with Crippen molar-refractivity contribution in [3.63, 3.8) is 0 Å². The van der Waals surface area contributed by atoms with Crippen LogP contribution in [-0.2, 0) is 16.1 Å². The summed E-state index contributed by atoms with van der Waals surface area (Å²) in [5.74, 6) is 0.639. The molecule has 0 saturated heterocycles. The standard InChI is InChI=1S/C14H19N5O2/c1-9(7-20-2)21-8-10-5-3-4-6-11(10)12-17-13(15)19-14(16)18-12/h3-6,9H,7-8H2,1-2H3,(H4,15,16,17,18,19). The zero-order valence-corrected chi connectivity index (χ0v) is 12.1. The number of hydrogen-bond acceptors (Lipinski definition) is 7. The first-order valence-electron chi connectivity index (χ1n) is 6.56. The molecule has 2 aromatic rings. The molecule has 0 spiro atoms. The molecule has 0 fully saturated rings. The third kappa shape index (κ3) is 4.11. The molecule has 0 bridgehead atoms. The first kappa shape index (κ1) is 15.1. The molecule has 1 aromatic heterocycles. The highest BCUT2D eigenvalue weighted by Gasteiger charge is 2.11. The van der Waals surface area contributed by atoms with Gasteiger partial charge in [0.25, 0.3) is 0 Å². The van der Waals surface area contributed by atoms with E-state index in [4.69, 9.17) is 20.9 Å². The van der Waals surface area contributed by atoms with E-state index in [0.717, 1.165) is 11.1 Å². The van der Waals surface area contributed by atoms with Crippen LogP contribution in [0.2, 0.25) is 0 Å². The highest BCUT2D eigenvalue weighted by molar-refractivity contribution is 5.61. The average molecular weight is 289 g/mol. The van der Waals surface area contributed by atoms with E-state index in [2.05, 4.69) is 15.0 Å². The molecule has 0 radical (unpaired) electrons. The zero-order chi connectivity index (χ0) is 15.2. The van der Waals surface area contributed by atoms with Crippen molar-refractivity contribution in [2.24, 2.45) is 0 Å². The van der Waals surface area contributed by atoms with Crippen molar-refractivity contribution in [1.29, 1.82) is 0 Å². The van der Waals surface area contributed by atoms with E-state index in [9.17, 15) is 0 Å². The van der Waals surface area contributed by atoms with Crippen LogP contribution < -0.4 is 11.5 Å². The van der Waals surface area contributed by atoms with Crippen molar-refractivity contribution in [2.45, 2.75) is 19.6 Å². The predicted molar refractivity (Wildman–Crippen MR) is 80.2 cm³/mol. The molecular formula is C14H19N5O2. The Morgan fingerprint density at radius 1 is 1.10 bits per heavy atom. The molecule has 112 valence electrons. The van der Waals surface area contributed by atoms with Gasteiger partial charge in [0, 0.05) is 12.7 Å². The summed E-state index contributed by atoms with van der Waals surface area (Å²) in [6.45, 7) is 2.91. The van der Waals surface area contributed by atoms with Gasteiger partial charge in [-0.2, -0.15) is 15.0 Å². The number of ether oxygens (including phenoxy) is 2.